The summed E-state index contributed by atoms with van der Waals surface area (Å²) in [4.78, 5) is 19.2. The molecule has 2 fully saturated rings. The fourth-order valence-electron chi connectivity index (χ4n) is 4.20. The second-order valence-corrected chi connectivity index (χ2v) is 8.26. The lowest BCUT2D eigenvalue weighted by molar-refractivity contribution is -0.142. The van der Waals surface area contributed by atoms with E-state index in [1.165, 1.54) is 6.07 Å². The number of aromatic nitrogens is 4. The van der Waals surface area contributed by atoms with Gasteiger partial charge in [-0.25, -0.2) is 9.50 Å². The molecule has 1 aliphatic heterocycles. The Hall–Kier alpha value is -2.91. The van der Waals surface area contributed by atoms with E-state index in [0.29, 0.717) is 17.9 Å². The smallest absolute Gasteiger partial charge is 0.361 e. The van der Waals surface area contributed by atoms with Crippen LogP contribution < -0.4 is 0 Å². The van der Waals surface area contributed by atoms with E-state index in [9.17, 15) is 18.0 Å². The molecule has 0 unspecified atom stereocenters. The van der Waals surface area contributed by atoms with Crippen molar-refractivity contribution in [2.24, 2.45) is 0 Å². The molecule has 7 nitrogen and oxygen atoms in total. The van der Waals surface area contributed by atoms with Crippen molar-refractivity contribution in [3.63, 3.8) is 0 Å². The molecule has 1 saturated heterocycles. The molecule has 1 amide bonds. The molecule has 0 aromatic carbocycles. The van der Waals surface area contributed by atoms with E-state index in [4.69, 9.17) is 4.52 Å². The molecule has 1 atom stereocenters. The third-order valence-corrected chi connectivity index (χ3v) is 5.88. The Bertz CT molecular complexity index is 1130. The van der Waals surface area contributed by atoms with Crippen LogP contribution in [0.5, 0.6) is 0 Å². The molecule has 3 aromatic heterocycles. The summed E-state index contributed by atoms with van der Waals surface area (Å²) in [6.45, 7) is 2.52. The fraction of sp³-hybridized carbons (Fsp3) is 0.524. The minimum atomic E-state index is -4.59. The molecule has 164 valence electrons. The van der Waals surface area contributed by atoms with Gasteiger partial charge < -0.3 is 9.42 Å². The third kappa shape index (κ3) is 3.68. The first-order chi connectivity index (χ1) is 14.8. The van der Waals surface area contributed by atoms with Crippen LogP contribution in [-0.2, 0) is 12.6 Å². The lowest BCUT2D eigenvalue weighted by Crippen LogP contribution is -2.31. The Kier molecular flexibility index (Phi) is 4.75. The van der Waals surface area contributed by atoms with Gasteiger partial charge in [-0.3, -0.25) is 4.79 Å². The number of hydrogen-bond acceptors (Lipinski definition) is 5. The Morgan fingerprint density at radius 3 is 2.71 bits per heavy atom. The summed E-state index contributed by atoms with van der Waals surface area (Å²) in [5.41, 5.74) is 0.168. The summed E-state index contributed by atoms with van der Waals surface area (Å²) in [5.74, 6) is 0.387. The highest BCUT2D eigenvalue weighted by atomic mass is 19.4. The number of alkyl halides is 3. The molecule has 31 heavy (non-hydrogen) atoms. The maximum atomic E-state index is 13.6. The van der Waals surface area contributed by atoms with E-state index < -0.39 is 17.8 Å². The molecule has 3 aromatic rings. The second-order valence-electron chi connectivity index (χ2n) is 8.26. The molecule has 10 heteroatoms. The van der Waals surface area contributed by atoms with Gasteiger partial charge in [0.1, 0.15) is 17.1 Å². The maximum Gasteiger partial charge on any atom is 0.433 e. The minimum Gasteiger partial charge on any atom is -0.361 e. The van der Waals surface area contributed by atoms with Crippen molar-refractivity contribution in [1.29, 1.82) is 0 Å². The molecular formula is C21H22F3N5O2. The Morgan fingerprint density at radius 2 is 2.00 bits per heavy atom. The number of amides is 1. The van der Waals surface area contributed by atoms with Crippen LogP contribution in [0, 0.1) is 0 Å². The average Bonchev–Trinajstić information content (AvgIpc) is 3.13. The Morgan fingerprint density at radius 1 is 1.19 bits per heavy atom. The van der Waals surface area contributed by atoms with Gasteiger partial charge in [0.2, 0.25) is 0 Å². The van der Waals surface area contributed by atoms with Gasteiger partial charge in [0.25, 0.3) is 5.91 Å². The molecule has 0 spiro atoms. The third-order valence-electron chi connectivity index (χ3n) is 5.88. The van der Waals surface area contributed by atoms with Crippen LogP contribution in [0.3, 0.4) is 0 Å². The van der Waals surface area contributed by atoms with Crippen molar-refractivity contribution >= 4 is 11.6 Å². The van der Waals surface area contributed by atoms with Gasteiger partial charge in [0.05, 0.1) is 6.04 Å². The summed E-state index contributed by atoms with van der Waals surface area (Å²) < 4.78 is 47.0. The number of nitrogens with zero attached hydrogens (tertiary/aromatic N) is 5. The highest BCUT2D eigenvalue weighted by molar-refractivity contribution is 5.93. The van der Waals surface area contributed by atoms with Gasteiger partial charge >= 0.3 is 6.18 Å². The number of fused-ring (bicyclic) bond motifs is 1. The zero-order valence-corrected chi connectivity index (χ0v) is 17.0. The van der Waals surface area contributed by atoms with Gasteiger partial charge in [0, 0.05) is 36.7 Å². The van der Waals surface area contributed by atoms with E-state index in [0.717, 1.165) is 54.9 Å². The molecule has 0 N–H and O–H groups in total. The predicted molar refractivity (Wildman–Crippen MR) is 103 cm³/mol. The van der Waals surface area contributed by atoms with Crippen LogP contribution in [0.4, 0.5) is 13.2 Å². The quantitative estimate of drug-likeness (QED) is 0.590. The summed E-state index contributed by atoms with van der Waals surface area (Å²) >= 11 is 0. The molecule has 2 aliphatic rings. The van der Waals surface area contributed by atoms with Gasteiger partial charge in [-0.1, -0.05) is 12.1 Å². The lowest BCUT2D eigenvalue weighted by atomic mass is 10.1. The number of hydrogen-bond donors (Lipinski definition) is 0. The van der Waals surface area contributed by atoms with Crippen LogP contribution >= 0.6 is 0 Å². The molecule has 1 aliphatic carbocycles. The average molecular weight is 433 g/mol. The predicted octanol–water partition coefficient (Wildman–Crippen LogP) is 4.54. The highest BCUT2D eigenvalue weighted by Crippen LogP contribution is 2.41. The Labute approximate surface area is 176 Å². The van der Waals surface area contributed by atoms with Crippen molar-refractivity contribution < 1.29 is 22.5 Å². The van der Waals surface area contributed by atoms with E-state index in [-0.39, 0.29) is 23.3 Å². The zero-order valence-electron chi connectivity index (χ0n) is 17.0. The van der Waals surface area contributed by atoms with Gasteiger partial charge in [-0.15, -0.1) is 0 Å². The van der Waals surface area contributed by atoms with Gasteiger partial charge in [-0.05, 0) is 38.2 Å². The first-order valence-electron chi connectivity index (χ1n) is 10.6. The van der Waals surface area contributed by atoms with Gasteiger partial charge in [-0.2, -0.15) is 18.3 Å². The van der Waals surface area contributed by atoms with E-state index in [1.807, 2.05) is 13.0 Å². The molecule has 4 heterocycles. The molecular weight excluding hydrogens is 411 g/mol. The van der Waals surface area contributed by atoms with Crippen molar-refractivity contribution in [2.75, 3.05) is 6.54 Å². The maximum absolute atomic E-state index is 13.6. The van der Waals surface area contributed by atoms with Crippen molar-refractivity contribution in [3.8, 4) is 0 Å². The van der Waals surface area contributed by atoms with Crippen molar-refractivity contribution in [1.82, 2.24) is 24.7 Å². The molecule has 0 bridgehead atoms. The number of likely N-dealkylation sites (tertiary alicyclic amines) is 1. The van der Waals surface area contributed by atoms with E-state index >= 15 is 0 Å². The fourth-order valence-corrected chi connectivity index (χ4v) is 4.20. The van der Waals surface area contributed by atoms with E-state index in [1.54, 1.807) is 4.90 Å². The topological polar surface area (TPSA) is 76.5 Å². The summed E-state index contributed by atoms with van der Waals surface area (Å²) in [5, 5.41) is 8.12. The Balaban J connectivity index is 1.48. The zero-order chi connectivity index (χ0) is 21.8. The van der Waals surface area contributed by atoms with Crippen molar-refractivity contribution in [3.05, 3.63) is 46.7 Å². The van der Waals surface area contributed by atoms with Crippen LogP contribution in [0.1, 0.15) is 84.3 Å². The number of halogens is 3. The summed E-state index contributed by atoms with van der Waals surface area (Å²) in [6.07, 6.45) is 0.230. The van der Waals surface area contributed by atoms with Crippen LogP contribution in [0.25, 0.3) is 5.65 Å². The highest BCUT2D eigenvalue weighted by Gasteiger charge is 2.39. The van der Waals surface area contributed by atoms with E-state index in [2.05, 4.69) is 15.2 Å². The summed E-state index contributed by atoms with van der Waals surface area (Å²) in [6, 6.07) is 3.98. The van der Waals surface area contributed by atoms with Crippen LogP contribution in [0.2, 0.25) is 0 Å². The largest absolute Gasteiger partial charge is 0.433 e. The molecule has 1 saturated carbocycles. The number of rotatable bonds is 5. The molecule has 0 radical (unpaired) electrons. The lowest BCUT2D eigenvalue weighted by Gasteiger charge is -2.21. The number of carbonyl (C=O) groups excluding carboxylic acids is 1. The monoisotopic (exact) mass is 433 g/mol. The molecule has 5 rings (SSSR count). The first kappa shape index (κ1) is 20.0. The minimum absolute atomic E-state index is 0.0440. The van der Waals surface area contributed by atoms with Crippen LogP contribution in [0.15, 0.2) is 22.7 Å². The second kappa shape index (κ2) is 7.35. The first-order valence-corrected chi connectivity index (χ1v) is 10.6. The van der Waals surface area contributed by atoms with Crippen molar-refractivity contribution in [2.45, 2.75) is 63.6 Å². The SMILES string of the molecule is CCCc1cc([C@@H]2CCCN2C(=O)c2cc3nc(C4CC4)cc(C(F)(F)F)n3n2)no1. The van der Waals surface area contributed by atoms with Gasteiger partial charge in [0.15, 0.2) is 11.3 Å². The van der Waals surface area contributed by atoms with Crippen LogP contribution in [-0.4, -0.2) is 37.1 Å². The number of carbonyl (C=O) groups is 1. The normalized spacial score (nSPS) is 19.5. The number of aryl methyl sites for hydroxylation is 1. The summed E-state index contributed by atoms with van der Waals surface area (Å²) in [7, 11) is 0. The standard InChI is InChI=1S/C21H22F3N5O2/c1-2-4-13-9-15(27-31-13)17-5-3-8-28(17)20(30)16-11-19-25-14(12-6-7-12)10-18(21(22,23)24)29(19)26-16/h9-12,17H,2-8H2,1H3/t17-/m0/s1.